The molecular weight excluding hydrogens is 330 g/mol. The summed E-state index contributed by atoms with van der Waals surface area (Å²) in [6.07, 6.45) is 3.20. The summed E-state index contributed by atoms with van der Waals surface area (Å²) < 4.78 is 5.03. The third-order valence-corrected chi connectivity index (χ3v) is 4.84. The Morgan fingerprint density at radius 1 is 1.12 bits per heavy atom. The predicted molar refractivity (Wildman–Crippen MR) is 103 cm³/mol. The zero-order valence-electron chi connectivity index (χ0n) is 16.1. The SMILES string of the molecule is CCOC(=O)N1CCC(NCC(=O)Nc2c(CC)cccc2CC)CC1. The number of likely N-dealkylation sites (tertiary alicyclic amines) is 1. The van der Waals surface area contributed by atoms with E-state index in [0.29, 0.717) is 19.7 Å². The van der Waals surface area contributed by atoms with Crippen LogP contribution in [0.5, 0.6) is 0 Å². The second-order valence-corrected chi connectivity index (χ2v) is 6.55. The Morgan fingerprint density at radius 3 is 2.27 bits per heavy atom. The lowest BCUT2D eigenvalue weighted by Crippen LogP contribution is -2.46. The van der Waals surface area contributed by atoms with Crippen molar-refractivity contribution < 1.29 is 14.3 Å². The van der Waals surface area contributed by atoms with Crippen LogP contribution in [0.3, 0.4) is 0 Å². The van der Waals surface area contributed by atoms with E-state index in [1.54, 1.807) is 4.90 Å². The number of hydrogen-bond donors (Lipinski definition) is 2. The molecular formula is C20H31N3O3. The Labute approximate surface area is 156 Å². The number of aryl methyl sites for hydroxylation is 2. The van der Waals surface area contributed by atoms with Crippen LogP contribution in [-0.2, 0) is 22.4 Å². The number of amides is 2. The number of carbonyl (C=O) groups excluding carboxylic acids is 2. The minimum Gasteiger partial charge on any atom is -0.450 e. The van der Waals surface area contributed by atoms with Crippen LogP contribution in [0, 0.1) is 0 Å². The number of carbonyl (C=O) groups is 2. The Morgan fingerprint density at radius 2 is 1.73 bits per heavy atom. The molecule has 1 aliphatic rings. The van der Waals surface area contributed by atoms with Gasteiger partial charge in [-0.15, -0.1) is 0 Å². The van der Waals surface area contributed by atoms with Crippen molar-refractivity contribution in [1.82, 2.24) is 10.2 Å². The van der Waals surface area contributed by atoms with Gasteiger partial charge in [0, 0.05) is 24.8 Å². The van der Waals surface area contributed by atoms with Crippen LogP contribution in [0.25, 0.3) is 0 Å². The predicted octanol–water partition coefficient (Wildman–Crippen LogP) is 2.96. The fourth-order valence-electron chi connectivity index (χ4n) is 3.30. The third kappa shape index (κ3) is 5.46. The maximum Gasteiger partial charge on any atom is 0.409 e. The Balaban J connectivity index is 1.81. The van der Waals surface area contributed by atoms with E-state index in [2.05, 4.69) is 36.6 Å². The van der Waals surface area contributed by atoms with E-state index in [1.807, 2.05) is 13.0 Å². The molecule has 144 valence electrons. The lowest BCUT2D eigenvalue weighted by molar-refractivity contribution is -0.115. The van der Waals surface area contributed by atoms with Crippen molar-refractivity contribution in [3.63, 3.8) is 0 Å². The molecule has 0 aromatic heterocycles. The van der Waals surface area contributed by atoms with Crippen LogP contribution in [-0.4, -0.2) is 49.2 Å². The molecule has 0 saturated carbocycles. The van der Waals surface area contributed by atoms with E-state index >= 15 is 0 Å². The van der Waals surface area contributed by atoms with Crippen LogP contribution >= 0.6 is 0 Å². The first-order chi connectivity index (χ1) is 12.6. The van der Waals surface area contributed by atoms with Gasteiger partial charge in [0.15, 0.2) is 0 Å². The van der Waals surface area contributed by atoms with Crippen LogP contribution in [0.1, 0.15) is 44.7 Å². The smallest absolute Gasteiger partial charge is 0.409 e. The monoisotopic (exact) mass is 361 g/mol. The first-order valence-corrected chi connectivity index (χ1v) is 9.64. The highest BCUT2D eigenvalue weighted by atomic mass is 16.6. The van der Waals surface area contributed by atoms with E-state index < -0.39 is 0 Å². The normalized spacial score (nSPS) is 15.0. The number of nitrogens with one attached hydrogen (secondary N) is 2. The van der Waals surface area contributed by atoms with Crippen LogP contribution in [0.15, 0.2) is 18.2 Å². The zero-order valence-corrected chi connectivity index (χ0v) is 16.1. The Hall–Kier alpha value is -2.08. The van der Waals surface area contributed by atoms with Gasteiger partial charge in [-0.1, -0.05) is 32.0 Å². The number of nitrogens with zero attached hydrogens (tertiary/aromatic N) is 1. The van der Waals surface area contributed by atoms with Crippen molar-refractivity contribution in [3.05, 3.63) is 29.3 Å². The van der Waals surface area contributed by atoms with Crippen molar-refractivity contribution in [1.29, 1.82) is 0 Å². The molecule has 1 saturated heterocycles. The molecule has 0 radical (unpaired) electrons. The van der Waals surface area contributed by atoms with Crippen LogP contribution in [0.4, 0.5) is 10.5 Å². The number of piperidine rings is 1. The molecule has 1 aliphatic heterocycles. The van der Waals surface area contributed by atoms with Crippen LogP contribution < -0.4 is 10.6 Å². The van der Waals surface area contributed by atoms with E-state index in [4.69, 9.17) is 4.74 Å². The van der Waals surface area contributed by atoms with Gasteiger partial charge in [0.25, 0.3) is 0 Å². The maximum atomic E-state index is 12.4. The maximum absolute atomic E-state index is 12.4. The van der Waals surface area contributed by atoms with Gasteiger partial charge in [-0.2, -0.15) is 0 Å². The molecule has 0 unspecified atom stereocenters. The summed E-state index contributed by atoms with van der Waals surface area (Å²) in [6, 6.07) is 6.42. The minimum atomic E-state index is -0.244. The standard InChI is InChI=1S/C20H31N3O3/c1-4-15-8-7-9-16(5-2)19(15)22-18(24)14-21-17-10-12-23(13-11-17)20(25)26-6-3/h7-9,17,21H,4-6,10-14H2,1-3H3,(H,22,24). The van der Waals surface area contributed by atoms with Gasteiger partial charge in [-0.25, -0.2) is 4.79 Å². The number of ether oxygens (including phenoxy) is 1. The summed E-state index contributed by atoms with van der Waals surface area (Å²) in [6.45, 7) is 8.01. The number of anilines is 1. The quantitative estimate of drug-likeness (QED) is 0.783. The molecule has 0 bridgehead atoms. The topological polar surface area (TPSA) is 70.7 Å². The second kappa shape index (κ2) is 10.2. The summed E-state index contributed by atoms with van der Waals surface area (Å²) in [4.78, 5) is 25.8. The van der Waals surface area contributed by atoms with Crippen molar-refractivity contribution in [2.75, 3.05) is 31.6 Å². The molecule has 2 N–H and O–H groups in total. The molecule has 0 spiro atoms. The van der Waals surface area contributed by atoms with Crippen molar-refractivity contribution in [2.24, 2.45) is 0 Å². The fraction of sp³-hybridized carbons (Fsp3) is 0.600. The third-order valence-electron chi connectivity index (χ3n) is 4.84. The molecule has 2 rings (SSSR count). The molecule has 1 aromatic carbocycles. The second-order valence-electron chi connectivity index (χ2n) is 6.55. The molecule has 6 heteroatoms. The first kappa shape index (κ1) is 20.2. The summed E-state index contributed by atoms with van der Waals surface area (Å²) >= 11 is 0. The average molecular weight is 361 g/mol. The van der Waals surface area contributed by atoms with E-state index in [0.717, 1.165) is 31.4 Å². The molecule has 0 atom stereocenters. The van der Waals surface area contributed by atoms with Crippen molar-refractivity contribution in [3.8, 4) is 0 Å². The fourth-order valence-corrected chi connectivity index (χ4v) is 3.30. The van der Waals surface area contributed by atoms with Gasteiger partial charge in [0.1, 0.15) is 0 Å². The summed E-state index contributed by atoms with van der Waals surface area (Å²) in [5, 5.41) is 6.40. The number of hydrogen-bond acceptors (Lipinski definition) is 4. The largest absolute Gasteiger partial charge is 0.450 e. The molecule has 2 amide bonds. The summed E-state index contributed by atoms with van der Waals surface area (Å²) in [5.41, 5.74) is 3.29. The highest BCUT2D eigenvalue weighted by molar-refractivity contribution is 5.93. The number of rotatable bonds is 7. The average Bonchev–Trinajstić information content (AvgIpc) is 2.67. The van der Waals surface area contributed by atoms with Crippen molar-refractivity contribution >= 4 is 17.7 Å². The molecule has 26 heavy (non-hydrogen) atoms. The van der Waals surface area contributed by atoms with Crippen LogP contribution in [0.2, 0.25) is 0 Å². The summed E-state index contributed by atoms with van der Waals surface area (Å²) in [7, 11) is 0. The first-order valence-electron chi connectivity index (χ1n) is 9.64. The Kier molecular flexibility index (Phi) is 7.91. The van der Waals surface area contributed by atoms with Gasteiger partial charge < -0.3 is 20.3 Å². The molecule has 1 aromatic rings. The molecule has 1 heterocycles. The van der Waals surface area contributed by atoms with E-state index in [-0.39, 0.29) is 24.6 Å². The van der Waals surface area contributed by atoms with E-state index in [1.165, 1.54) is 11.1 Å². The minimum absolute atomic E-state index is 0.0200. The highest BCUT2D eigenvalue weighted by Gasteiger charge is 2.23. The lowest BCUT2D eigenvalue weighted by Gasteiger charge is -2.31. The van der Waals surface area contributed by atoms with Gasteiger partial charge in [-0.3, -0.25) is 4.79 Å². The van der Waals surface area contributed by atoms with Gasteiger partial charge >= 0.3 is 6.09 Å². The van der Waals surface area contributed by atoms with Crippen molar-refractivity contribution in [2.45, 2.75) is 52.5 Å². The van der Waals surface area contributed by atoms with E-state index in [9.17, 15) is 9.59 Å². The van der Waals surface area contributed by atoms with Gasteiger partial charge in [0.2, 0.25) is 5.91 Å². The Bertz CT molecular complexity index is 588. The highest BCUT2D eigenvalue weighted by Crippen LogP contribution is 2.22. The molecule has 6 nitrogen and oxygen atoms in total. The lowest BCUT2D eigenvalue weighted by atomic mass is 10.0. The zero-order chi connectivity index (χ0) is 18.9. The van der Waals surface area contributed by atoms with Gasteiger partial charge in [-0.05, 0) is 43.7 Å². The molecule has 0 aliphatic carbocycles. The number of para-hydroxylation sites is 1. The van der Waals surface area contributed by atoms with Gasteiger partial charge in [0.05, 0.1) is 13.2 Å². The number of benzene rings is 1. The molecule has 1 fully saturated rings. The summed E-state index contributed by atoms with van der Waals surface area (Å²) in [5.74, 6) is -0.0200.